The molecule has 4 nitrogen and oxygen atoms in total. The lowest BCUT2D eigenvalue weighted by molar-refractivity contribution is 0.0947. The molecular weight excluding hydrogens is 204 g/mol. The number of amides is 1. The van der Waals surface area contributed by atoms with Crippen LogP contribution in [0.25, 0.3) is 0 Å². The Morgan fingerprint density at radius 2 is 2.25 bits per heavy atom. The largest absolute Gasteiger partial charge is 0.351 e. The fourth-order valence-electron chi connectivity index (χ4n) is 1.67. The van der Waals surface area contributed by atoms with Crippen LogP contribution in [0.5, 0.6) is 0 Å². The Hall–Kier alpha value is -1.58. The Balaban J connectivity index is 1.76. The quantitative estimate of drug-likeness (QED) is 0.734. The summed E-state index contributed by atoms with van der Waals surface area (Å²) in [5.41, 5.74) is 0.0875. The first-order valence-corrected chi connectivity index (χ1v) is 5.73. The van der Waals surface area contributed by atoms with Crippen LogP contribution in [0.4, 0.5) is 0 Å². The van der Waals surface area contributed by atoms with Gasteiger partial charge in [-0.05, 0) is 24.8 Å². The molecule has 1 aliphatic carbocycles. The van der Waals surface area contributed by atoms with Gasteiger partial charge in [0.15, 0.2) is 0 Å². The van der Waals surface area contributed by atoms with E-state index in [9.17, 15) is 9.59 Å². The van der Waals surface area contributed by atoms with Crippen molar-refractivity contribution in [3.05, 3.63) is 34.2 Å². The van der Waals surface area contributed by atoms with Crippen molar-refractivity contribution < 1.29 is 4.79 Å². The average Bonchev–Trinajstić information content (AvgIpc) is 3.08. The second kappa shape index (κ2) is 4.96. The molecule has 1 amide bonds. The number of hydrogen-bond donors (Lipinski definition) is 2. The molecule has 0 bridgehead atoms. The van der Waals surface area contributed by atoms with E-state index in [4.69, 9.17) is 0 Å². The molecule has 0 spiro atoms. The number of H-pyrrole nitrogens is 1. The van der Waals surface area contributed by atoms with Gasteiger partial charge < -0.3 is 10.3 Å². The highest BCUT2D eigenvalue weighted by Gasteiger charge is 2.20. The van der Waals surface area contributed by atoms with Crippen LogP contribution in [-0.2, 0) is 0 Å². The van der Waals surface area contributed by atoms with Crippen molar-refractivity contribution in [3.63, 3.8) is 0 Å². The summed E-state index contributed by atoms with van der Waals surface area (Å²) in [6, 6.07) is 4.58. The lowest BCUT2D eigenvalue weighted by Gasteiger charge is -2.04. The van der Waals surface area contributed by atoms with Crippen LogP contribution < -0.4 is 10.9 Å². The molecule has 0 saturated heterocycles. The molecule has 1 fully saturated rings. The Morgan fingerprint density at radius 1 is 1.44 bits per heavy atom. The van der Waals surface area contributed by atoms with E-state index >= 15 is 0 Å². The van der Waals surface area contributed by atoms with Crippen LogP contribution in [0.2, 0.25) is 0 Å². The standard InChI is InChI=1S/C12H16N2O2/c15-11-5-1-4-10(14-11)12(16)13-8-2-3-9-6-7-9/h1,4-5,9H,2-3,6-8H2,(H,13,16)(H,14,15). The lowest BCUT2D eigenvalue weighted by atomic mass is 10.2. The zero-order valence-electron chi connectivity index (χ0n) is 9.16. The Kier molecular flexibility index (Phi) is 3.39. The van der Waals surface area contributed by atoms with Gasteiger partial charge in [-0.15, -0.1) is 0 Å². The second-order valence-corrected chi connectivity index (χ2v) is 4.27. The predicted octanol–water partition coefficient (Wildman–Crippen LogP) is 1.29. The van der Waals surface area contributed by atoms with E-state index in [2.05, 4.69) is 10.3 Å². The number of rotatable bonds is 5. The zero-order chi connectivity index (χ0) is 11.4. The molecular formula is C12H16N2O2. The SMILES string of the molecule is O=C(NCCCC1CC1)c1cccc(=O)[nH]1. The third-order valence-corrected chi connectivity index (χ3v) is 2.78. The van der Waals surface area contributed by atoms with E-state index < -0.39 is 0 Å². The van der Waals surface area contributed by atoms with Crippen LogP contribution >= 0.6 is 0 Å². The number of carbonyl (C=O) groups excluding carboxylic acids is 1. The molecule has 16 heavy (non-hydrogen) atoms. The van der Waals surface area contributed by atoms with E-state index in [0.717, 1.165) is 12.3 Å². The summed E-state index contributed by atoms with van der Waals surface area (Å²) in [7, 11) is 0. The van der Waals surface area contributed by atoms with E-state index in [1.165, 1.54) is 25.3 Å². The number of pyridine rings is 1. The van der Waals surface area contributed by atoms with Gasteiger partial charge in [-0.1, -0.05) is 18.9 Å². The molecule has 2 N–H and O–H groups in total. The van der Waals surface area contributed by atoms with Crippen molar-refractivity contribution in [2.24, 2.45) is 5.92 Å². The third-order valence-electron chi connectivity index (χ3n) is 2.78. The van der Waals surface area contributed by atoms with Gasteiger partial charge in [0.2, 0.25) is 5.56 Å². The van der Waals surface area contributed by atoms with Gasteiger partial charge in [-0.2, -0.15) is 0 Å². The van der Waals surface area contributed by atoms with Crippen molar-refractivity contribution in [2.75, 3.05) is 6.54 Å². The monoisotopic (exact) mass is 220 g/mol. The molecule has 1 heterocycles. The normalized spacial score (nSPS) is 14.8. The van der Waals surface area contributed by atoms with Crippen molar-refractivity contribution in [1.82, 2.24) is 10.3 Å². The van der Waals surface area contributed by atoms with Crippen LogP contribution in [0, 0.1) is 5.92 Å². The van der Waals surface area contributed by atoms with Crippen molar-refractivity contribution >= 4 is 5.91 Å². The minimum Gasteiger partial charge on any atom is -0.351 e. The summed E-state index contributed by atoms with van der Waals surface area (Å²) in [4.78, 5) is 25.1. The summed E-state index contributed by atoms with van der Waals surface area (Å²) >= 11 is 0. The topological polar surface area (TPSA) is 62.0 Å². The maximum Gasteiger partial charge on any atom is 0.267 e. The third kappa shape index (κ3) is 3.22. The van der Waals surface area contributed by atoms with Gasteiger partial charge in [-0.25, -0.2) is 0 Å². The Morgan fingerprint density at radius 3 is 2.94 bits per heavy atom. The summed E-state index contributed by atoms with van der Waals surface area (Å²) in [6.45, 7) is 0.687. The first kappa shape index (κ1) is 10.9. The smallest absolute Gasteiger partial charge is 0.267 e. The molecule has 0 atom stereocenters. The van der Waals surface area contributed by atoms with Crippen LogP contribution in [-0.4, -0.2) is 17.4 Å². The number of hydrogen-bond acceptors (Lipinski definition) is 2. The van der Waals surface area contributed by atoms with Crippen LogP contribution in [0.1, 0.15) is 36.2 Å². The van der Waals surface area contributed by atoms with Crippen LogP contribution in [0.3, 0.4) is 0 Å². The van der Waals surface area contributed by atoms with Gasteiger partial charge in [0.05, 0.1) is 0 Å². The highest BCUT2D eigenvalue weighted by Crippen LogP contribution is 2.33. The van der Waals surface area contributed by atoms with Gasteiger partial charge in [0, 0.05) is 12.6 Å². The molecule has 86 valence electrons. The summed E-state index contributed by atoms with van der Waals surface area (Å²) < 4.78 is 0. The van der Waals surface area contributed by atoms with Gasteiger partial charge in [0.25, 0.3) is 5.91 Å². The fraction of sp³-hybridized carbons (Fsp3) is 0.500. The molecule has 0 radical (unpaired) electrons. The minimum atomic E-state index is -0.245. The Labute approximate surface area is 94.1 Å². The zero-order valence-corrected chi connectivity index (χ0v) is 9.16. The summed E-state index contributed by atoms with van der Waals surface area (Å²) in [6.07, 6.45) is 4.92. The van der Waals surface area contributed by atoms with E-state index in [0.29, 0.717) is 12.2 Å². The van der Waals surface area contributed by atoms with Crippen molar-refractivity contribution in [1.29, 1.82) is 0 Å². The Bertz CT molecular complexity index is 421. The van der Waals surface area contributed by atoms with E-state index in [1.807, 2.05) is 0 Å². The average molecular weight is 220 g/mol. The van der Waals surface area contributed by atoms with E-state index in [1.54, 1.807) is 12.1 Å². The molecule has 1 saturated carbocycles. The molecule has 0 aromatic carbocycles. The number of aromatic nitrogens is 1. The van der Waals surface area contributed by atoms with Gasteiger partial charge in [0.1, 0.15) is 5.69 Å². The molecule has 1 aliphatic rings. The molecule has 4 heteroatoms. The van der Waals surface area contributed by atoms with Gasteiger partial charge >= 0.3 is 0 Å². The minimum absolute atomic E-state index is 0.200. The van der Waals surface area contributed by atoms with Crippen molar-refractivity contribution in [3.8, 4) is 0 Å². The predicted molar refractivity (Wildman–Crippen MR) is 61.4 cm³/mol. The molecule has 1 aromatic heterocycles. The maximum absolute atomic E-state index is 11.6. The molecule has 2 rings (SSSR count). The molecule has 1 aromatic rings. The lowest BCUT2D eigenvalue weighted by Crippen LogP contribution is -2.27. The van der Waals surface area contributed by atoms with Crippen LogP contribution in [0.15, 0.2) is 23.0 Å². The summed E-state index contributed by atoms with van der Waals surface area (Å²) in [5, 5.41) is 2.80. The molecule has 0 aliphatic heterocycles. The first-order chi connectivity index (χ1) is 7.75. The van der Waals surface area contributed by atoms with E-state index in [-0.39, 0.29) is 11.5 Å². The van der Waals surface area contributed by atoms with Crippen molar-refractivity contribution in [2.45, 2.75) is 25.7 Å². The first-order valence-electron chi connectivity index (χ1n) is 5.73. The van der Waals surface area contributed by atoms with Gasteiger partial charge in [-0.3, -0.25) is 9.59 Å². The number of carbonyl (C=O) groups is 1. The summed E-state index contributed by atoms with van der Waals surface area (Å²) in [5.74, 6) is 0.696. The highest BCUT2D eigenvalue weighted by molar-refractivity contribution is 5.92. The second-order valence-electron chi connectivity index (χ2n) is 4.27. The highest BCUT2D eigenvalue weighted by atomic mass is 16.2. The fourth-order valence-corrected chi connectivity index (χ4v) is 1.67. The number of aromatic amines is 1. The maximum atomic E-state index is 11.6. The molecule has 0 unspecified atom stereocenters. The number of nitrogens with one attached hydrogen (secondary N) is 2.